The first-order valence-corrected chi connectivity index (χ1v) is 17.4. The molecule has 0 saturated carbocycles. The van der Waals surface area contributed by atoms with Gasteiger partial charge in [0.2, 0.25) is 21.9 Å². The van der Waals surface area contributed by atoms with Gasteiger partial charge < -0.3 is 15.0 Å². The Morgan fingerprint density at radius 1 is 1.16 bits per heavy atom. The summed E-state index contributed by atoms with van der Waals surface area (Å²) in [4.78, 5) is 25.1. The maximum absolute atomic E-state index is 14.1. The number of ether oxygens (including phenoxy) is 1. The number of benzene rings is 2. The second kappa shape index (κ2) is 13.7. The molecule has 1 aliphatic rings. The van der Waals surface area contributed by atoms with E-state index in [1.807, 2.05) is 60.9 Å². The van der Waals surface area contributed by atoms with Crippen LogP contribution in [-0.4, -0.2) is 78.4 Å². The van der Waals surface area contributed by atoms with E-state index >= 15 is 0 Å². The van der Waals surface area contributed by atoms with Crippen molar-refractivity contribution in [2.24, 2.45) is 0 Å². The van der Waals surface area contributed by atoms with E-state index in [1.165, 1.54) is 4.31 Å². The first-order valence-electron chi connectivity index (χ1n) is 15.1. The number of rotatable bonds is 12. The van der Waals surface area contributed by atoms with Gasteiger partial charge >= 0.3 is 0 Å². The van der Waals surface area contributed by atoms with Crippen LogP contribution in [0.5, 0.6) is 5.75 Å². The van der Waals surface area contributed by atoms with Crippen LogP contribution >= 0.6 is 15.9 Å². The maximum atomic E-state index is 14.1. The first kappa shape index (κ1) is 34.1. The normalized spacial score (nSPS) is 16.0. The van der Waals surface area contributed by atoms with Gasteiger partial charge in [-0.1, -0.05) is 50.4 Å². The number of nitrogens with one attached hydrogen (secondary N) is 1. The number of hydrogen-bond acceptors (Lipinski definition) is 7. The topological polar surface area (TPSA) is 105 Å². The minimum atomic E-state index is -4.01. The Morgan fingerprint density at radius 2 is 1.84 bits per heavy atom. The lowest BCUT2D eigenvalue weighted by atomic mass is 9.57. The second-order valence-corrected chi connectivity index (χ2v) is 14.7. The van der Waals surface area contributed by atoms with Crippen molar-refractivity contribution in [1.29, 1.82) is 0 Å². The van der Waals surface area contributed by atoms with Gasteiger partial charge in [-0.05, 0) is 65.0 Å². The maximum Gasteiger partial charge on any atom is 0.243 e. The molecular formula is C30H41B3BrN5O4S. The zero-order chi connectivity index (χ0) is 32.4. The molecule has 1 atom stereocenters. The van der Waals surface area contributed by atoms with Crippen LogP contribution in [0.4, 0.5) is 5.95 Å². The number of carbonyl (C=O) groups is 1. The number of amides is 1. The summed E-state index contributed by atoms with van der Waals surface area (Å²) in [6.07, 6.45) is 5.91. The smallest absolute Gasteiger partial charge is 0.243 e. The molecule has 0 spiro atoms. The van der Waals surface area contributed by atoms with Crippen LogP contribution in [-0.2, 0) is 26.7 Å². The van der Waals surface area contributed by atoms with Gasteiger partial charge in [-0.3, -0.25) is 4.79 Å². The van der Waals surface area contributed by atoms with Gasteiger partial charge in [-0.25, -0.2) is 18.4 Å². The molecule has 2 aromatic carbocycles. The van der Waals surface area contributed by atoms with Gasteiger partial charge in [-0.2, -0.15) is 4.31 Å². The van der Waals surface area contributed by atoms with E-state index in [0.717, 1.165) is 36.7 Å². The van der Waals surface area contributed by atoms with E-state index in [9.17, 15) is 13.2 Å². The predicted octanol–water partition coefficient (Wildman–Crippen LogP) is 1.66. The summed E-state index contributed by atoms with van der Waals surface area (Å²) in [5.74, 6) is 0.916. The molecule has 4 rings (SSSR count). The molecule has 14 heteroatoms. The van der Waals surface area contributed by atoms with E-state index in [-0.39, 0.29) is 17.3 Å². The number of aromatic nitrogens is 2. The van der Waals surface area contributed by atoms with Crippen LogP contribution in [0.3, 0.4) is 0 Å². The van der Waals surface area contributed by atoms with Crippen molar-refractivity contribution < 1.29 is 17.9 Å². The van der Waals surface area contributed by atoms with E-state index < -0.39 is 21.4 Å². The molecule has 44 heavy (non-hydrogen) atoms. The van der Waals surface area contributed by atoms with Gasteiger partial charge in [0.25, 0.3) is 0 Å². The fourth-order valence-electron chi connectivity index (χ4n) is 6.19. The summed E-state index contributed by atoms with van der Waals surface area (Å²) >= 11 is 3.59. The third-order valence-electron chi connectivity index (χ3n) is 8.38. The minimum absolute atomic E-state index is 0.179. The fraction of sp³-hybridized carbons (Fsp3) is 0.433. The highest BCUT2D eigenvalue weighted by atomic mass is 79.9. The summed E-state index contributed by atoms with van der Waals surface area (Å²) in [5, 5.41) is 1.97. The number of fused-ring (bicyclic) bond motifs is 1. The van der Waals surface area contributed by atoms with Crippen molar-refractivity contribution >= 4 is 66.8 Å². The lowest BCUT2D eigenvalue weighted by molar-refractivity contribution is -0.124. The minimum Gasteiger partial charge on any atom is -0.497 e. The van der Waals surface area contributed by atoms with Crippen molar-refractivity contribution in [1.82, 2.24) is 19.6 Å². The van der Waals surface area contributed by atoms with Gasteiger partial charge in [0.05, 0.1) is 22.2 Å². The van der Waals surface area contributed by atoms with Crippen LogP contribution in [0.2, 0.25) is 0 Å². The van der Waals surface area contributed by atoms with Gasteiger partial charge in [0.1, 0.15) is 35.3 Å². The number of anilines is 1. The number of carbonyl (C=O) groups excluding carboxylic acids is 1. The second-order valence-electron chi connectivity index (χ2n) is 12.0. The molecule has 3 aromatic rings. The Hall–Kier alpha value is -2.83. The number of nitrogens with zero attached hydrogens (tertiary/aromatic N) is 4. The molecule has 1 aliphatic heterocycles. The molecule has 232 valence electrons. The molecule has 2 heterocycles. The molecule has 1 aromatic heterocycles. The van der Waals surface area contributed by atoms with Crippen molar-refractivity contribution in [2.75, 3.05) is 19.1 Å². The average Bonchev–Trinajstić information content (AvgIpc) is 3.14. The highest BCUT2D eigenvalue weighted by Crippen LogP contribution is 2.44. The molecular weight excluding hydrogens is 639 g/mol. The molecule has 1 amide bonds. The van der Waals surface area contributed by atoms with Crippen LogP contribution in [0, 0.1) is 0 Å². The van der Waals surface area contributed by atoms with Crippen LogP contribution < -0.4 is 20.4 Å². The van der Waals surface area contributed by atoms with Crippen molar-refractivity contribution in [3.05, 3.63) is 58.2 Å². The summed E-state index contributed by atoms with van der Waals surface area (Å²) < 4.78 is 35.5. The Morgan fingerprint density at radius 3 is 2.48 bits per heavy atom. The summed E-state index contributed by atoms with van der Waals surface area (Å²) in [5.41, 5.74) is 3.78. The Balaban J connectivity index is 1.63. The van der Waals surface area contributed by atoms with Gasteiger partial charge in [0.15, 0.2) is 0 Å². The van der Waals surface area contributed by atoms with E-state index in [4.69, 9.17) is 9.72 Å². The SMILES string of the molecule is Bc1cc(CNC(=O)C(C)N2C(B)(B)c3ccc(-c4nc(N(C)C(CCC)CCC)ncc4Br)cc3S2(=O)=O)cc(OC)c1. The molecule has 9 nitrogen and oxygen atoms in total. The molecule has 0 aliphatic carbocycles. The number of sulfonamides is 1. The third-order valence-corrected chi connectivity index (χ3v) is 11.1. The van der Waals surface area contributed by atoms with E-state index in [2.05, 4.69) is 45.0 Å². The highest BCUT2D eigenvalue weighted by molar-refractivity contribution is 9.10. The van der Waals surface area contributed by atoms with Crippen LogP contribution in [0.1, 0.15) is 57.6 Å². The summed E-state index contributed by atoms with van der Waals surface area (Å²) in [6, 6.07) is 10.5. The molecule has 1 N–H and O–H groups in total. The number of halogens is 1. The quantitative estimate of drug-likeness (QED) is 0.291. The lowest BCUT2D eigenvalue weighted by Gasteiger charge is -2.34. The standard InChI is InChI=1S/C30H41B3BrN5O4S/c1-6-8-22(9-7-2)38(4)29-36-17-25(34)27(37-29)20-10-11-24-26(14-20)44(41,42)39(30(24,32)33)18(3)28(40)35-16-19-12-21(31)15-23(13-19)43-5/h10-15,17-18,22H,6-9,16,31-33H2,1-5H3,(H,35,40). The zero-order valence-electron chi connectivity index (χ0n) is 26.9. The highest BCUT2D eigenvalue weighted by Gasteiger charge is 2.51. The largest absolute Gasteiger partial charge is 0.497 e. The number of methoxy groups -OCH3 is 1. The average molecular weight is 680 g/mol. The third kappa shape index (κ3) is 6.72. The fourth-order valence-corrected chi connectivity index (χ4v) is 8.90. The predicted molar refractivity (Wildman–Crippen MR) is 187 cm³/mol. The van der Waals surface area contributed by atoms with E-state index in [0.29, 0.717) is 39.0 Å². The van der Waals surface area contributed by atoms with Crippen molar-refractivity contribution in [3.63, 3.8) is 0 Å². The summed E-state index contributed by atoms with van der Waals surface area (Å²) in [7, 11) is 5.22. The molecule has 0 saturated heterocycles. The molecule has 0 bridgehead atoms. The number of hydrogen-bond donors (Lipinski definition) is 1. The first-order chi connectivity index (χ1) is 20.8. The van der Waals surface area contributed by atoms with Crippen LogP contribution in [0.25, 0.3) is 11.3 Å². The Labute approximate surface area is 273 Å². The van der Waals surface area contributed by atoms with Crippen molar-refractivity contribution in [2.45, 2.75) is 75.3 Å². The Bertz CT molecular complexity index is 1640. The van der Waals surface area contributed by atoms with Gasteiger partial charge in [-0.15, -0.1) is 0 Å². The molecule has 0 radical (unpaired) electrons. The Kier molecular flexibility index (Phi) is 10.6. The molecule has 0 fully saturated rings. The lowest BCUT2D eigenvalue weighted by Crippen LogP contribution is -2.54. The van der Waals surface area contributed by atoms with Crippen molar-refractivity contribution in [3.8, 4) is 17.0 Å². The zero-order valence-corrected chi connectivity index (χ0v) is 29.3. The van der Waals surface area contributed by atoms with Gasteiger partial charge in [0, 0.05) is 36.7 Å². The van der Waals surface area contributed by atoms with E-state index in [1.54, 1.807) is 26.3 Å². The molecule has 1 unspecified atom stereocenters. The summed E-state index contributed by atoms with van der Waals surface area (Å²) in [6.45, 7) is 6.23. The monoisotopic (exact) mass is 679 g/mol. The van der Waals surface area contributed by atoms with Crippen LogP contribution in [0.15, 0.2) is 52.0 Å².